The van der Waals surface area contributed by atoms with Crippen LogP contribution in [0, 0.1) is 11.3 Å². The van der Waals surface area contributed by atoms with Crippen LogP contribution in [0.2, 0.25) is 5.02 Å². The van der Waals surface area contributed by atoms with Crippen molar-refractivity contribution in [3.05, 3.63) is 58.7 Å². The molecule has 0 bridgehead atoms. The highest BCUT2D eigenvalue weighted by atomic mass is 35.5. The van der Waals surface area contributed by atoms with Gasteiger partial charge in [0.15, 0.2) is 0 Å². The predicted octanol–water partition coefficient (Wildman–Crippen LogP) is 3.24. The molecule has 0 spiro atoms. The predicted molar refractivity (Wildman–Crippen MR) is 72.5 cm³/mol. The molecule has 0 N–H and O–H groups in total. The minimum atomic E-state index is 0.565. The van der Waals surface area contributed by atoms with Gasteiger partial charge in [0.05, 0.1) is 5.56 Å². The maximum Gasteiger partial charge on any atom is 0.128 e. The van der Waals surface area contributed by atoms with Gasteiger partial charge in [-0.05, 0) is 29.8 Å². The van der Waals surface area contributed by atoms with Crippen LogP contribution in [0.4, 0.5) is 5.82 Å². The molecular formula is C14H12ClN3. The number of rotatable bonds is 3. The van der Waals surface area contributed by atoms with Crippen molar-refractivity contribution >= 4 is 17.4 Å². The van der Waals surface area contributed by atoms with Crippen LogP contribution in [0.5, 0.6) is 0 Å². The summed E-state index contributed by atoms with van der Waals surface area (Å²) in [4.78, 5) is 6.25. The number of halogens is 1. The summed E-state index contributed by atoms with van der Waals surface area (Å²) in [6.07, 6.45) is 1.57. The van der Waals surface area contributed by atoms with Crippen molar-refractivity contribution in [2.75, 3.05) is 11.9 Å². The second-order valence-electron chi connectivity index (χ2n) is 4.00. The second kappa shape index (κ2) is 5.52. The Morgan fingerprint density at radius 2 is 2.17 bits per heavy atom. The Balaban J connectivity index is 2.12. The maximum atomic E-state index is 8.71. The van der Waals surface area contributed by atoms with Crippen molar-refractivity contribution in [1.29, 1.82) is 5.26 Å². The fourth-order valence-corrected chi connectivity index (χ4v) is 1.88. The van der Waals surface area contributed by atoms with Gasteiger partial charge in [-0.25, -0.2) is 4.98 Å². The minimum absolute atomic E-state index is 0.565. The molecule has 4 heteroatoms. The first-order valence-electron chi connectivity index (χ1n) is 5.51. The highest BCUT2D eigenvalue weighted by Crippen LogP contribution is 2.15. The number of nitriles is 1. The summed E-state index contributed by atoms with van der Waals surface area (Å²) in [6, 6.07) is 13.4. The van der Waals surface area contributed by atoms with Crippen LogP contribution in [0.3, 0.4) is 0 Å². The first-order chi connectivity index (χ1) is 8.69. The standard InChI is InChI=1S/C14H12ClN3/c1-18(10-11-3-2-4-13(15)7-11)14-6-5-12(8-16)9-17-14/h2-7,9H,10H2,1H3. The largest absolute Gasteiger partial charge is 0.355 e. The highest BCUT2D eigenvalue weighted by molar-refractivity contribution is 6.30. The number of anilines is 1. The number of hydrogen-bond acceptors (Lipinski definition) is 3. The van der Waals surface area contributed by atoms with E-state index in [1.807, 2.05) is 42.3 Å². The number of hydrogen-bond donors (Lipinski definition) is 0. The van der Waals surface area contributed by atoms with Crippen molar-refractivity contribution in [2.45, 2.75) is 6.54 Å². The molecule has 2 aromatic rings. The summed E-state index contributed by atoms with van der Waals surface area (Å²) in [5.74, 6) is 0.828. The third kappa shape index (κ3) is 2.99. The Morgan fingerprint density at radius 1 is 1.33 bits per heavy atom. The molecular weight excluding hydrogens is 246 g/mol. The van der Waals surface area contributed by atoms with Crippen LogP contribution in [0.15, 0.2) is 42.6 Å². The normalized spacial score (nSPS) is 9.83. The van der Waals surface area contributed by atoms with Crippen LogP contribution in [-0.4, -0.2) is 12.0 Å². The van der Waals surface area contributed by atoms with E-state index in [1.54, 1.807) is 12.3 Å². The van der Waals surface area contributed by atoms with Gasteiger partial charge in [0.25, 0.3) is 0 Å². The molecule has 0 fully saturated rings. The van der Waals surface area contributed by atoms with Crippen LogP contribution in [0.1, 0.15) is 11.1 Å². The molecule has 3 nitrogen and oxygen atoms in total. The Kier molecular flexibility index (Phi) is 3.81. The van der Waals surface area contributed by atoms with Crippen molar-refractivity contribution in [3.63, 3.8) is 0 Å². The molecule has 0 unspecified atom stereocenters. The summed E-state index contributed by atoms with van der Waals surface area (Å²) < 4.78 is 0. The molecule has 0 radical (unpaired) electrons. The van der Waals surface area contributed by atoms with Gasteiger partial charge in [-0.3, -0.25) is 0 Å². The lowest BCUT2D eigenvalue weighted by molar-refractivity contribution is 0.897. The summed E-state index contributed by atoms with van der Waals surface area (Å²) >= 11 is 5.94. The Morgan fingerprint density at radius 3 is 2.78 bits per heavy atom. The zero-order chi connectivity index (χ0) is 13.0. The number of pyridine rings is 1. The first-order valence-corrected chi connectivity index (χ1v) is 5.88. The Hall–Kier alpha value is -2.05. The van der Waals surface area contributed by atoms with Gasteiger partial charge in [-0.2, -0.15) is 5.26 Å². The molecule has 0 aliphatic heterocycles. The van der Waals surface area contributed by atoms with Gasteiger partial charge in [0.2, 0.25) is 0 Å². The van der Waals surface area contributed by atoms with Gasteiger partial charge in [0, 0.05) is 24.8 Å². The van der Waals surface area contributed by atoms with E-state index in [9.17, 15) is 0 Å². The van der Waals surface area contributed by atoms with Gasteiger partial charge < -0.3 is 4.90 Å². The number of benzene rings is 1. The number of aromatic nitrogens is 1. The van der Waals surface area contributed by atoms with E-state index in [0.29, 0.717) is 5.56 Å². The molecule has 0 saturated heterocycles. The topological polar surface area (TPSA) is 39.9 Å². The third-order valence-corrected chi connectivity index (χ3v) is 2.81. The smallest absolute Gasteiger partial charge is 0.128 e. The van der Waals surface area contributed by atoms with Crippen LogP contribution >= 0.6 is 11.6 Å². The van der Waals surface area contributed by atoms with E-state index in [-0.39, 0.29) is 0 Å². The molecule has 1 aromatic carbocycles. The molecule has 0 aliphatic rings. The molecule has 18 heavy (non-hydrogen) atoms. The lowest BCUT2D eigenvalue weighted by Crippen LogP contribution is -2.17. The fraction of sp³-hybridized carbons (Fsp3) is 0.143. The lowest BCUT2D eigenvalue weighted by Gasteiger charge is -2.18. The van der Waals surface area contributed by atoms with Crippen molar-refractivity contribution in [2.24, 2.45) is 0 Å². The lowest BCUT2D eigenvalue weighted by atomic mass is 10.2. The number of nitrogens with zero attached hydrogens (tertiary/aromatic N) is 3. The van der Waals surface area contributed by atoms with E-state index >= 15 is 0 Å². The quantitative estimate of drug-likeness (QED) is 0.847. The SMILES string of the molecule is CN(Cc1cccc(Cl)c1)c1ccc(C#N)cn1. The first kappa shape index (κ1) is 12.4. The minimum Gasteiger partial charge on any atom is -0.355 e. The Labute approximate surface area is 111 Å². The second-order valence-corrected chi connectivity index (χ2v) is 4.44. The third-order valence-electron chi connectivity index (χ3n) is 2.58. The molecule has 0 amide bonds. The summed E-state index contributed by atoms with van der Waals surface area (Å²) in [5.41, 5.74) is 1.69. The van der Waals surface area contributed by atoms with E-state index in [4.69, 9.17) is 16.9 Å². The molecule has 0 saturated carbocycles. The monoisotopic (exact) mass is 257 g/mol. The molecule has 0 aliphatic carbocycles. The fourth-order valence-electron chi connectivity index (χ4n) is 1.67. The maximum absolute atomic E-state index is 8.71. The molecule has 2 rings (SSSR count). The van der Waals surface area contributed by atoms with Gasteiger partial charge in [0.1, 0.15) is 11.9 Å². The van der Waals surface area contributed by atoms with Gasteiger partial charge in [-0.1, -0.05) is 23.7 Å². The van der Waals surface area contributed by atoms with E-state index in [2.05, 4.69) is 11.1 Å². The summed E-state index contributed by atoms with van der Waals surface area (Å²) in [6.45, 7) is 0.722. The highest BCUT2D eigenvalue weighted by Gasteiger charge is 2.04. The van der Waals surface area contributed by atoms with Crippen molar-refractivity contribution < 1.29 is 0 Å². The molecule has 90 valence electrons. The molecule has 0 atom stereocenters. The van der Waals surface area contributed by atoms with E-state index in [1.165, 1.54) is 0 Å². The summed E-state index contributed by atoms with van der Waals surface area (Å²) in [7, 11) is 1.95. The van der Waals surface area contributed by atoms with Crippen molar-refractivity contribution in [3.8, 4) is 6.07 Å². The average Bonchev–Trinajstić information content (AvgIpc) is 2.39. The van der Waals surface area contributed by atoms with E-state index < -0.39 is 0 Å². The molecule has 1 aromatic heterocycles. The average molecular weight is 258 g/mol. The van der Waals surface area contributed by atoms with Crippen LogP contribution in [-0.2, 0) is 6.54 Å². The van der Waals surface area contributed by atoms with Crippen LogP contribution < -0.4 is 4.90 Å². The Bertz CT molecular complexity index is 572. The van der Waals surface area contributed by atoms with E-state index in [0.717, 1.165) is 22.9 Å². The van der Waals surface area contributed by atoms with Crippen molar-refractivity contribution in [1.82, 2.24) is 4.98 Å². The van der Waals surface area contributed by atoms with Crippen LogP contribution in [0.25, 0.3) is 0 Å². The summed E-state index contributed by atoms with van der Waals surface area (Å²) in [5, 5.41) is 9.44. The zero-order valence-electron chi connectivity index (χ0n) is 9.97. The molecule has 1 heterocycles. The van der Waals surface area contributed by atoms with Gasteiger partial charge in [-0.15, -0.1) is 0 Å². The zero-order valence-corrected chi connectivity index (χ0v) is 10.7. The van der Waals surface area contributed by atoms with Gasteiger partial charge >= 0.3 is 0 Å².